The highest BCUT2D eigenvalue weighted by molar-refractivity contribution is 7.99. The lowest BCUT2D eigenvalue weighted by molar-refractivity contribution is 0.323. The minimum Gasteiger partial charge on any atom is -0.431 e. The van der Waals surface area contributed by atoms with Crippen molar-refractivity contribution in [2.75, 3.05) is 31.1 Å². The Bertz CT molecular complexity index is 508. The summed E-state index contributed by atoms with van der Waals surface area (Å²) >= 11 is 1.65. The third-order valence-corrected chi connectivity index (χ3v) is 3.73. The van der Waals surface area contributed by atoms with E-state index in [1.54, 1.807) is 11.8 Å². The topological polar surface area (TPSA) is 55.3 Å². The molecule has 0 saturated heterocycles. The Labute approximate surface area is 112 Å². The van der Waals surface area contributed by atoms with Gasteiger partial charge in [-0.25, -0.2) is 4.98 Å². The van der Waals surface area contributed by atoms with Crippen molar-refractivity contribution in [3.05, 3.63) is 18.2 Å². The van der Waals surface area contributed by atoms with E-state index < -0.39 is 0 Å². The van der Waals surface area contributed by atoms with Crippen molar-refractivity contribution < 1.29 is 4.42 Å². The summed E-state index contributed by atoms with van der Waals surface area (Å²) < 4.78 is 5.65. The molecule has 0 radical (unpaired) electrons. The number of rotatable bonds is 6. The number of anilines is 1. The molecule has 0 spiro atoms. The molecule has 0 aliphatic carbocycles. The van der Waals surface area contributed by atoms with E-state index in [4.69, 9.17) is 10.2 Å². The third-order valence-electron chi connectivity index (χ3n) is 2.92. The maximum Gasteiger partial charge on any atom is 0.256 e. The Morgan fingerprint density at radius 3 is 2.83 bits per heavy atom. The molecule has 0 aliphatic heterocycles. The number of nitrogens with zero attached hydrogens (tertiary/aromatic N) is 2. The van der Waals surface area contributed by atoms with Gasteiger partial charge in [0, 0.05) is 18.0 Å². The zero-order valence-corrected chi connectivity index (χ0v) is 11.7. The van der Waals surface area contributed by atoms with Gasteiger partial charge < -0.3 is 15.1 Å². The molecule has 1 aromatic heterocycles. The summed E-state index contributed by atoms with van der Waals surface area (Å²) in [6.07, 6.45) is 0. The Morgan fingerprint density at radius 1 is 1.33 bits per heavy atom. The molecule has 0 amide bonds. The van der Waals surface area contributed by atoms with Crippen molar-refractivity contribution in [1.29, 1.82) is 0 Å². The molecule has 18 heavy (non-hydrogen) atoms. The number of thioether (sulfide) groups is 1. The normalized spacial score (nSPS) is 11.5. The molecule has 2 N–H and O–H groups in total. The maximum absolute atomic E-state index is 5.71. The quantitative estimate of drug-likeness (QED) is 0.643. The van der Waals surface area contributed by atoms with Crippen molar-refractivity contribution in [2.45, 2.75) is 19.1 Å². The van der Waals surface area contributed by atoms with Gasteiger partial charge in [-0.15, -0.1) is 0 Å². The Hall–Kier alpha value is -1.20. The van der Waals surface area contributed by atoms with Crippen LogP contribution in [0, 0.1) is 0 Å². The largest absolute Gasteiger partial charge is 0.431 e. The predicted molar refractivity (Wildman–Crippen MR) is 76.9 cm³/mol. The van der Waals surface area contributed by atoms with Gasteiger partial charge in [0.2, 0.25) is 0 Å². The van der Waals surface area contributed by atoms with E-state index in [1.165, 1.54) is 0 Å². The van der Waals surface area contributed by atoms with Crippen molar-refractivity contribution in [2.24, 2.45) is 0 Å². The standard InChI is InChI=1S/C13H19N3OS/c1-3-16(4-2)7-8-18-13-15-11-9-10(14)5-6-12(11)17-13/h5-6,9H,3-4,7-8,14H2,1-2H3. The number of hydrogen-bond acceptors (Lipinski definition) is 5. The van der Waals surface area contributed by atoms with Gasteiger partial charge in [-0.2, -0.15) is 0 Å². The molecule has 0 unspecified atom stereocenters. The van der Waals surface area contributed by atoms with E-state index >= 15 is 0 Å². The number of nitrogen functional groups attached to an aromatic ring is 1. The van der Waals surface area contributed by atoms with Gasteiger partial charge in [-0.1, -0.05) is 25.6 Å². The summed E-state index contributed by atoms with van der Waals surface area (Å²) in [5.41, 5.74) is 8.07. The lowest BCUT2D eigenvalue weighted by Gasteiger charge is -2.16. The van der Waals surface area contributed by atoms with Gasteiger partial charge in [-0.05, 0) is 31.3 Å². The molecule has 5 heteroatoms. The molecule has 2 rings (SSSR count). The summed E-state index contributed by atoms with van der Waals surface area (Å²) in [6, 6.07) is 5.54. The Balaban J connectivity index is 1.95. The van der Waals surface area contributed by atoms with E-state index in [0.717, 1.165) is 47.4 Å². The minimum atomic E-state index is 0.718. The van der Waals surface area contributed by atoms with Gasteiger partial charge >= 0.3 is 0 Å². The second-order valence-corrected chi connectivity index (χ2v) is 5.13. The number of oxazole rings is 1. The number of nitrogens with two attached hydrogens (primary N) is 1. The third kappa shape index (κ3) is 3.17. The first-order valence-electron chi connectivity index (χ1n) is 6.24. The maximum atomic E-state index is 5.71. The van der Waals surface area contributed by atoms with Crippen LogP contribution >= 0.6 is 11.8 Å². The van der Waals surface area contributed by atoms with Crippen LogP contribution in [0.25, 0.3) is 11.1 Å². The molecule has 2 aromatic rings. The van der Waals surface area contributed by atoms with Crippen molar-refractivity contribution in [1.82, 2.24) is 9.88 Å². The fourth-order valence-electron chi connectivity index (χ4n) is 1.79. The van der Waals surface area contributed by atoms with Crippen LogP contribution in [0.4, 0.5) is 5.69 Å². The average molecular weight is 265 g/mol. The van der Waals surface area contributed by atoms with Crippen LogP contribution in [0.15, 0.2) is 27.8 Å². The minimum absolute atomic E-state index is 0.718. The van der Waals surface area contributed by atoms with E-state index in [9.17, 15) is 0 Å². The van der Waals surface area contributed by atoms with Crippen LogP contribution in [-0.4, -0.2) is 35.3 Å². The van der Waals surface area contributed by atoms with Gasteiger partial charge in [0.15, 0.2) is 5.58 Å². The summed E-state index contributed by atoms with van der Waals surface area (Å²) in [4.78, 5) is 6.80. The molecule has 0 atom stereocenters. The highest BCUT2D eigenvalue weighted by Gasteiger charge is 2.07. The fourth-order valence-corrected chi connectivity index (χ4v) is 2.62. The molecule has 98 valence electrons. The van der Waals surface area contributed by atoms with Crippen LogP contribution in [0.5, 0.6) is 0 Å². The molecule has 0 aliphatic rings. The molecule has 1 heterocycles. The van der Waals surface area contributed by atoms with Gasteiger partial charge in [0.25, 0.3) is 5.22 Å². The lowest BCUT2D eigenvalue weighted by Crippen LogP contribution is -2.25. The Morgan fingerprint density at radius 2 is 2.11 bits per heavy atom. The smallest absolute Gasteiger partial charge is 0.256 e. The fraction of sp³-hybridized carbons (Fsp3) is 0.462. The van der Waals surface area contributed by atoms with Crippen LogP contribution in [0.2, 0.25) is 0 Å². The zero-order chi connectivity index (χ0) is 13.0. The molecular weight excluding hydrogens is 246 g/mol. The van der Waals surface area contributed by atoms with Crippen molar-refractivity contribution in [3.63, 3.8) is 0 Å². The number of aromatic nitrogens is 1. The van der Waals surface area contributed by atoms with Crippen LogP contribution in [0.1, 0.15) is 13.8 Å². The molecule has 0 saturated carbocycles. The van der Waals surface area contributed by atoms with E-state index in [1.807, 2.05) is 18.2 Å². The van der Waals surface area contributed by atoms with E-state index in [0.29, 0.717) is 0 Å². The molecule has 0 bridgehead atoms. The van der Waals surface area contributed by atoms with Crippen LogP contribution in [0.3, 0.4) is 0 Å². The molecule has 0 fully saturated rings. The van der Waals surface area contributed by atoms with Gasteiger partial charge in [-0.3, -0.25) is 0 Å². The SMILES string of the molecule is CCN(CC)CCSc1nc2cc(N)ccc2o1. The second kappa shape index (κ2) is 6.11. The van der Waals surface area contributed by atoms with Crippen LogP contribution < -0.4 is 5.73 Å². The molecular formula is C13H19N3OS. The summed E-state index contributed by atoms with van der Waals surface area (Å²) in [6.45, 7) is 7.58. The Kier molecular flexibility index (Phi) is 4.49. The van der Waals surface area contributed by atoms with Gasteiger partial charge in [0.05, 0.1) is 0 Å². The first-order chi connectivity index (χ1) is 8.72. The number of fused-ring (bicyclic) bond motifs is 1. The molecule has 4 nitrogen and oxygen atoms in total. The van der Waals surface area contributed by atoms with Crippen LogP contribution in [-0.2, 0) is 0 Å². The average Bonchev–Trinajstić information content (AvgIpc) is 2.76. The monoisotopic (exact) mass is 265 g/mol. The lowest BCUT2D eigenvalue weighted by atomic mass is 10.3. The first kappa shape index (κ1) is 13.2. The summed E-state index contributed by atoms with van der Waals surface area (Å²) in [7, 11) is 0. The first-order valence-corrected chi connectivity index (χ1v) is 7.22. The highest BCUT2D eigenvalue weighted by atomic mass is 32.2. The highest BCUT2D eigenvalue weighted by Crippen LogP contribution is 2.24. The zero-order valence-electron chi connectivity index (χ0n) is 10.8. The van der Waals surface area contributed by atoms with E-state index in [-0.39, 0.29) is 0 Å². The van der Waals surface area contributed by atoms with Crippen molar-refractivity contribution >= 4 is 28.5 Å². The van der Waals surface area contributed by atoms with E-state index in [2.05, 4.69) is 23.7 Å². The number of benzene rings is 1. The summed E-state index contributed by atoms with van der Waals surface area (Å²) in [5, 5.41) is 0.725. The summed E-state index contributed by atoms with van der Waals surface area (Å²) in [5.74, 6) is 0.990. The van der Waals surface area contributed by atoms with Gasteiger partial charge in [0.1, 0.15) is 5.52 Å². The second-order valence-electron chi connectivity index (χ2n) is 4.08. The predicted octanol–water partition coefficient (Wildman–Crippen LogP) is 2.84. The number of hydrogen-bond donors (Lipinski definition) is 1. The van der Waals surface area contributed by atoms with Crippen molar-refractivity contribution in [3.8, 4) is 0 Å². The molecule has 1 aromatic carbocycles.